The Morgan fingerprint density at radius 2 is 1.56 bits per heavy atom. The van der Waals surface area contributed by atoms with Crippen LogP contribution in [0, 0.1) is 22.0 Å². The molecule has 3 atom stereocenters. The van der Waals surface area contributed by atoms with Gasteiger partial charge >= 0.3 is 12.4 Å². The highest BCUT2D eigenvalue weighted by Gasteiger charge is 2.41. The lowest BCUT2D eigenvalue weighted by Gasteiger charge is -2.36. The van der Waals surface area contributed by atoms with Gasteiger partial charge in [0.15, 0.2) is 0 Å². The predicted molar refractivity (Wildman–Crippen MR) is 149 cm³/mol. The van der Waals surface area contributed by atoms with Gasteiger partial charge in [0.05, 0.1) is 10.5 Å². The second-order valence-electron chi connectivity index (χ2n) is 11.8. The third-order valence-corrected chi connectivity index (χ3v) is 8.88. The van der Waals surface area contributed by atoms with Gasteiger partial charge in [-0.05, 0) is 80.5 Å². The number of aliphatic hydroxyl groups excluding tert-OH is 1. The minimum absolute atomic E-state index is 0.114. The number of rotatable bonds is 9. The highest BCUT2D eigenvalue weighted by atomic mass is 19.4. The third kappa shape index (κ3) is 7.52. The fourth-order valence-corrected chi connectivity index (χ4v) is 6.61. The summed E-state index contributed by atoms with van der Waals surface area (Å²) in [7, 11) is 0. The molecular formula is C29H35F6N5O3. The molecule has 0 radical (unpaired) electrons. The van der Waals surface area contributed by atoms with Gasteiger partial charge in [0.2, 0.25) is 0 Å². The lowest BCUT2D eigenvalue weighted by Crippen LogP contribution is -2.44. The molecule has 0 spiro atoms. The number of alkyl halides is 6. The van der Waals surface area contributed by atoms with Crippen LogP contribution in [0.2, 0.25) is 0 Å². The number of hydrogen-bond donors (Lipinski definition) is 2. The van der Waals surface area contributed by atoms with Crippen LogP contribution < -0.4 is 10.2 Å². The van der Waals surface area contributed by atoms with Crippen molar-refractivity contribution in [1.82, 2.24) is 9.80 Å². The quantitative estimate of drug-likeness (QED) is 0.214. The molecule has 3 aliphatic rings. The topological polar surface area (TPSA) is 85.1 Å². The van der Waals surface area contributed by atoms with Crippen LogP contribution in [-0.4, -0.2) is 77.9 Å². The molecule has 3 saturated heterocycles. The molecule has 5 rings (SSSR count). The average molecular weight is 616 g/mol. The number of aliphatic hydroxyl groups is 1. The molecule has 3 fully saturated rings. The molecule has 0 aromatic heterocycles. The van der Waals surface area contributed by atoms with Gasteiger partial charge in [0, 0.05) is 62.8 Å². The van der Waals surface area contributed by atoms with Gasteiger partial charge in [-0.1, -0.05) is 0 Å². The van der Waals surface area contributed by atoms with Crippen molar-refractivity contribution in [2.45, 2.75) is 50.3 Å². The van der Waals surface area contributed by atoms with E-state index < -0.39 is 40.3 Å². The number of nitrogens with zero attached hydrogens (tertiary/aromatic N) is 4. The van der Waals surface area contributed by atoms with Gasteiger partial charge in [-0.25, -0.2) is 0 Å². The maximum absolute atomic E-state index is 13.3. The van der Waals surface area contributed by atoms with Crippen molar-refractivity contribution in [3.8, 4) is 0 Å². The zero-order valence-electron chi connectivity index (χ0n) is 23.4. The van der Waals surface area contributed by atoms with Gasteiger partial charge in [-0.15, -0.1) is 0 Å². The molecule has 2 aromatic rings. The molecule has 2 aromatic carbocycles. The summed E-state index contributed by atoms with van der Waals surface area (Å²) < 4.78 is 78.4. The summed E-state index contributed by atoms with van der Waals surface area (Å²) in [5, 5.41) is 24.8. The number of nitrogens with one attached hydrogen (secondary N) is 1. The molecule has 43 heavy (non-hydrogen) atoms. The fraction of sp³-hybridized carbons (Fsp3) is 0.586. The SMILES string of the molecule is O=[N+]([O-])c1ccc(NC2CCN(C(O)CCCN3CC4CN(c5ccc(C(F)(F)F)cc5)CC4C3)CC2)cc1C(F)(F)F. The van der Waals surface area contributed by atoms with Crippen molar-refractivity contribution in [1.29, 1.82) is 0 Å². The van der Waals surface area contributed by atoms with Crippen molar-refractivity contribution in [3.63, 3.8) is 0 Å². The van der Waals surface area contributed by atoms with Crippen molar-refractivity contribution >= 4 is 17.1 Å². The summed E-state index contributed by atoms with van der Waals surface area (Å²) >= 11 is 0. The number of nitro benzene ring substituents is 1. The van der Waals surface area contributed by atoms with Gasteiger partial charge < -0.3 is 20.2 Å². The van der Waals surface area contributed by atoms with Crippen LogP contribution in [0.5, 0.6) is 0 Å². The number of fused-ring (bicyclic) bond motifs is 1. The second kappa shape index (κ2) is 12.5. The molecule has 236 valence electrons. The molecular weight excluding hydrogens is 580 g/mol. The third-order valence-electron chi connectivity index (χ3n) is 8.88. The van der Waals surface area contributed by atoms with Gasteiger partial charge in [-0.3, -0.25) is 15.0 Å². The van der Waals surface area contributed by atoms with E-state index in [0.717, 1.165) is 69.1 Å². The maximum Gasteiger partial charge on any atom is 0.423 e. The monoisotopic (exact) mass is 615 g/mol. The number of likely N-dealkylation sites (tertiary alicyclic amines) is 2. The lowest BCUT2D eigenvalue weighted by molar-refractivity contribution is -0.388. The Hall–Kier alpha value is -3.10. The Kier molecular flexibility index (Phi) is 9.10. The van der Waals surface area contributed by atoms with Crippen LogP contribution in [0.15, 0.2) is 42.5 Å². The fourth-order valence-electron chi connectivity index (χ4n) is 6.61. The van der Waals surface area contributed by atoms with Crippen LogP contribution in [0.1, 0.15) is 36.8 Å². The standard InChI is InChI=1S/C29H35F6N5O3/c30-28(31,32)21-3-6-24(7-4-21)39-17-19-15-37(16-20(19)18-39)11-1-2-27(41)38-12-9-22(10-13-38)36-23-5-8-26(40(42)43)25(14-23)29(33,34)35/h3-8,14,19-20,22,27,36,41H,1-2,9-13,15-18H2. The number of halogens is 6. The van der Waals surface area contributed by atoms with Crippen LogP contribution in [0.4, 0.5) is 43.4 Å². The minimum Gasteiger partial charge on any atom is -0.382 e. The zero-order chi connectivity index (χ0) is 30.9. The first-order valence-electron chi connectivity index (χ1n) is 14.5. The van der Waals surface area contributed by atoms with E-state index in [4.69, 9.17) is 0 Å². The average Bonchev–Trinajstić information content (AvgIpc) is 3.51. The molecule has 3 heterocycles. The first-order chi connectivity index (χ1) is 20.3. The number of nitro groups is 1. The van der Waals surface area contributed by atoms with Gasteiger partial charge in [0.25, 0.3) is 5.69 Å². The van der Waals surface area contributed by atoms with E-state index in [9.17, 15) is 41.6 Å². The summed E-state index contributed by atoms with van der Waals surface area (Å²) in [5.74, 6) is 0.920. The molecule has 0 amide bonds. The second-order valence-corrected chi connectivity index (χ2v) is 11.8. The van der Waals surface area contributed by atoms with Gasteiger partial charge in [0.1, 0.15) is 11.8 Å². The van der Waals surface area contributed by atoms with Crippen molar-refractivity contribution < 1.29 is 36.4 Å². The van der Waals surface area contributed by atoms with E-state index in [-0.39, 0.29) is 11.7 Å². The number of hydrogen-bond acceptors (Lipinski definition) is 7. The Morgan fingerprint density at radius 3 is 2.12 bits per heavy atom. The summed E-state index contributed by atoms with van der Waals surface area (Å²) in [5.41, 5.74) is -1.92. The summed E-state index contributed by atoms with van der Waals surface area (Å²) in [6, 6.07) is 8.16. The Balaban J connectivity index is 1.01. The van der Waals surface area contributed by atoms with Crippen molar-refractivity contribution in [2.24, 2.45) is 11.8 Å². The maximum atomic E-state index is 13.3. The Morgan fingerprint density at radius 1 is 0.930 bits per heavy atom. The van der Waals surface area contributed by atoms with E-state index in [0.29, 0.717) is 44.2 Å². The number of anilines is 2. The smallest absolute Gasteiger partial charge is 0.382 e. The van der Waals surface area contributed by atoms with E-state index in [1.165, 1.54) is 6.07 Å². The highest BCUT2D eigenvalue weighted by molar-refractivity contribution is 5.55. The van der Waals surface area contributed by atoms with Crippen molar-refractivity contribution in [3.05, 3.63) is 63.7 Å². The van der Waals surface area contributed by atoms with Crippen LogP contribution in [0.25, 0.3) is 0 Å². The molecule has 3 aliphatic heterocycles. The molecule has 0 aliphatic carbocycles. The number of piperidine rings is 1. The van der Waals surface area contributed by atoms with Crippen LogP contribution >= 0.6 is 0 Å². The number of benzene rings is 2. The Bertz CT molecular complexity index is 1250. The first kappa shape index (κ1) is 31.3. The van der Waals surface area contributed by atoms with E-state index >= 15 is 0 Å². The predicted octanol–water partition coefficient (Wildman–Crippen LogP) is 5.68. The molecule has 0 saturated carbocycles. The highest BCUT2D eigenvalue weighted by Crippen LogP contribution is 2.38. The summed E-state index contributed by atoms with van der Waals surface area (Å²) in [6.07, 6.45) is -7.16. The molecule has 8 nitrogen and oxygen atoms in total. The molecule has 3 unspecified atom stereocenters. The largest absolute Gasteiger partial charge is 0.423 e. The van der Waals surface area contributed by atoms with Gasteiger partial charge in [-0.2, -0.15) is 26.3 Å². The molecule has 14 heteroatoms. The van der Waals surface area contributed by atoms with Crippen LogP contribution in [-0.2, 0) is 12.4 Å². The first-order valence-corrected chi connectivity index (χ1v) is 14.5. The van der Waals surface area contributed by atoms with Crippen LogP contribution in [0.3, 0.4) is 0 Å². The molecule has 2 N–H and O–H groups in total. The minimum atomic E-state index is -4.84. The zero-order valence-corrected chi connectivity index (χ0v) is 23.4. The Labute approximate surface area is 245 Å². The normalized spacial score (nSPS) is 23.0. The summed E-state index contributed by atoms with van der Waals surface area (Å²) in [4.78, 5) is 16.5. The van der Waals surface area contributed by atoms with E-state index in [2.05, 4.69) is 15.1 Å². The summed E-state index contributed by atoms with van der Waals surface area (Å²) in [6.45, 7) is 5.48. The van der Waals surface area contributed by atoms with E-state index in [1.807, 2.05) is 4.90 Å². The van der Waals surface area contributed by atoms with E-state index in [1.54, 1.807) is 12.1 Å². The molecule has 0 bridgehead atoms. The van der Waals surface area contributed by atoms with Crippen molar-refractivity contribution in [2.75, 3.05) is 56.0 Å². The lowest BCUT2D eigenvalue weighted by atomic mass is 10.0.